The van der Waals surface area contributed by atoms with E-state index in [1.807, 2.05) is 0 Å². The molecule has 2 aliphatic rings. The first-order valence-corrected chi connectivity index (χ1v) is 6.75. The highest BCUT2D eigenvalue weighted by Crippen LogP contribution is 2.24. The van der Waals surface area contributed by atoms with Crippen molar-refractivity contribution in [3.8, 4) is 0 Å². The molecule has 5 heteroatoms. The zero-order valence-corrected chi connectivity index (χ0v) is 10.2. The molecule has 2 aliphatic heterocycles. The molecule has 94 valence electrons. The largest absolute Gasteiger partial charge is 0.338 e. The lowest BCUT2D eigenvalue weighted by atomic mass is 10.1. The second-order valence-electron chi connectivity index (χ2n) is 4.98. The average molecular weight is 236 g/mol. The minimum absolute atomic E-state index is 0.273. The van der Waals surface area contributed by atoms with Gasteiger partial charge < -0.3 is 14.7 Å². The molecule has 2 fully saturated rings. The van der Waals surface area contributed by atoms with Crippen LogP contribution in [0.5, 0.6) is 0 Å². The van der Waals surface area contributed by atoms with Gasteiger partial charge in [-0.1, -0.05) is 6.42 Å². The monoisotopic (exact) mass is 236 g/mol. The van der Waals surface area contributed by atoms with Crippen LogP contribution in [0, 0.1) is 0 Å². The van der Waals surface area contributed by atoms with E-state index in [-0.39, 0.29) is 6.04 Å². The van der Waals surface area contributed by atoms with Gasteiger partial charge in [0.05, 0.1) is 6.04 Å². The van der Waals surface area contributed by atoms with E-state index in [9.17, 15) is 0 Å². The van der Waals surface area contributed by atoms with Crippen LogP contribution < -0.4 is 10.2 Å². The Kier molecular flexibility index (Phi) is 3.27. The van der Waals surface area contributed by atoms with Gasteiger partial charge in [0.2, 0.25) is 5.89 Å². The Morgan fingerprint density at radius 2 is 2.00 bits per heavy atom. The van der Waals surface area contributed by atoms with E-state index >= 15 is 0 Å². The Balaban J connectivity index is 1.68. The normalized spacial score (nSPS) is 26.1. The van der Waals surface area contributed by atoms with Gasteiger partial charge in [0.1, 0.15) is 0 Å². The summed E-state index contributed by atoms with van der Waals surface area (Å²) in [5.41, 5.74) is 0. The summed E-state index contributed by atoms with van der Waals surface area (Å²) < 4.78 is 5.39. The van der Waals surface area contributed by atoms with E-state index in [1.165, 1.54) is 32.1 Å². The third-order valence-corrected chi connectivity index (χ3v) is 3.68. The van der Waals surface area contributed by atoms with Gasteiger partial charge in [0.25, 0.3) is 5.95 Å². The van der Waals surface area contributed by atoms with Crippen molar-refractivity contribution in [1.29, 1.82) is 0 Å². The molecule has 1 aromatic heterocycles. The first-order valence-electron chi connectivity index (χ1n) is 6.75. The van der Waals surface area contributed by atoms with Crippen LogP contribution in [0.3, 0.4) is 0 Å². The van der Waals surface area contributed by atoms with E-state index in [1.54, 1.807) is 0 Å². The third-order valence-electron chi connectivity index (χ3n) is 3.68. The SMILES string of the molecule is C1CCN(c2noc([C@H]3CCCCN3)n2)CC1. The van der Waals surface area contributed by atoms with Crippen LogP contribution in [0.1, 0.15) is 50.5 Å². The van der Waals surface area contributed by atoms with Crippen LogP contribution >= 0.6 is 0 Å². The van der Waals surface area contributed by atoms with Gasteiger partial charge in [-0.2, -0.15) is 4.98 Å². The Bertz CT molecular complexity index is 321. The zero-order valence-electron chi connectivity index (χ0n) is 10.2. The number of rotatable bonds is 2. The fourth-order valence-corrected chi connectivity index (χ4v) is 2.65. The number of nitrogens with one attached hydrogen (secondary N) is 1. The highest BCUT2D eigenvalue weighted by atomic mass is 16.5. The maximum Gasteiger partial charge on any atom is 0.266 e. The van der Waals surface area contributed by atoms with Crippen LogP contribution in [-0.4, -0.2) is 29.8 Å². The molecule has 0 bridgehead atoms. The van der Waals surface area contributed by atoms with E-state index in [0.717, 1.165) is 37.9 Å². The first-order chi connectivity index (χ1) is 8.43. The predicted octanol–water partition coefficient (Wildman–Crippen LogP) is 1.87. The second-order valence-corrected chi connectivity index (χ2v) is 4.98. The molecular weight excluding hydrogens is 216 g/mol. The summed E-state index contributed by atoms with van der Waals surface area (Å²) in [7, 11) is 0. The summed E-state index contributed by atoms with van der Waals surface area (Å²) in [5, 5.41) is 7.55. The van der Waals surface area contributed by atoms with Gasteiger partial charge in [-0.15, -0.1) is 0 Å². The van der Waals surface area contributed by atoms with E-state index in [4.69, 9.17) is 4.52 Å². The maximum atomic E-state index is 5.39. The fraction of sp³-hybridized carbons (Fsp3) is 0.833. The summed E-state index contributed by atoms with van der Waals surface area (Å²) in [6.45, 7) is 3.19. The molecule has 0 aliphatic carbocycles. The summed E-state index contributed by atoms with van der Waals surface area (Å²) in [6.07, 6.45) is 7.42. The van der Waals surface area contributed by atoms with E-state index < -0.39 is 0 Å². The topological polar surface area (TPSA) is 54.2 Å². The number of anilines is 1. The molecule has 17 heavy (non-hydrogen) atoms. The molecule has 5 nitrogen and oxygen atoms in total. The third kappa shape index (κ3) is 2.44. The van der Waals surface area contributed by atoms with Gasteiger partial charge in [0, 0.05) is 13.1 Å². The van der Waals surface area contributed by atoms with Gasteiger partial charge in [-0.05, 0) is 43.8 Å². The Morgan fingerprint density at radius 3 is 2.76 bits per heavy atom. The zero-order chi connectivity index (χ0) is 11.5. The van der Waals surface area contributed by atoms with Gasteiger partial charge in [-0.25, -0.2) is 0 Å². The highest BCUT2D eigenvalue weighted by molar-refractivity contribution is 5.28. The first kappa shape index (κ1) is 11.0. The van der Waals surface area contributed by atoms with Crippen molar-refractivity contribution in [2.24, 2.45) is 0 Å². The number of hydrogen-bond acceptors (Lipinski definition) is 5. The molecule has 0 spiro atoms. The summed E-state index contributed by atoms with van der Waals surface area (Å²) >= 11 is 0. The molecule has 0 radical (unpaired) electrons. The van der Waals surface area contributed by atoms with Gasteiger partial charge >= 0.3 is 0 Å². The molecule has 1 N–H and O–H groups in total. The lowest BCUT2D eigenvalue weighted by molar-refractivity contribution is 0.297. The summed E-state index contributed by atoms with van der Waals surface area (Å²) in [6, 6.07) is 0.273. The van der Waals surface area contributed by atoms with Crippen molar-refractivity contribution in [2.75, 3.05) is 24.5 Å². The predicted molar refractivity (Wildman–Crippen MR) is 65.0 cm³/mol. The molecule has 2 saturated heterocycles. The molecule has 0 unspecified atom stereocenters. The van der Waals surface area contributed by atoms with Crippen molar-refractivity contribution in [3.63, 3.8) is 0 Å². The highest BCUT2D eigenvalue weighted by Gasteiger charge is 2.23. The Morgan fingerprint density at radius 1 is 1.12 bits per heavy atom. The van der Waals surface area contributed by atoms with Crippen LogP contribution in [-0.2, 0) is 0 Å². The van der Waals surface area contributed by atoms with Crippen LogP contribution in [0.25, 0.3) is 0 Å². The van der Waals surface area contributed by atoms with Crippen molar-refractivity contribution < 1.29 is 4.52 Å². The van der Waals surface area contributed by atoms with Crippen molar-refractivity contribution in [2.45, 2.75) is 44.6 Å². The number of piperidine rings is 2. The van der Waals surface area contributed by atoms with Crippen LogP contribution in [0.15, 0.2) is 4.52 Å². The molecule has 3 heterocycles. The average Bonchev–Trinajstić information content (AvgIpc) is 2.90. The smallest absolute Gasteiger partial charge is 0.266 e. The minimum atomic E-state index is 0.273. The number of nitrogens with zero attached hydrogens (tertiary/aromatic N) is 3. The van der Waals surface area contributed by atoms with Gasteiger partial charge in [0.15, 0.2) is 0 Å². The number of hydrogen-bond donors (Lipinski definition) is 1. The van der Waals surface area contributed by atoms with Crippen LogP contribution in [0.4, 0.5) is 5.95 Å². The number of aromatic nitrogens is 2. The van der Waals surface area contributed by atoms with Crippen molar-refractivity contribution in [1.82, 2.24) is 15.5 Å². The van der Waals surface area contributed by atoms with Crippen molar-refractivity contribution in [3.05, 3.63) is 5.89 Å². The van der Waals surface area contributed by atoms with Crippen LogP contribution in [0.2, 0.25) is 0 Å². The molecule has 0 saturated carbocycles. The van der Waals surface area contributed by atoms with E-state index in [2.05, 4.69) is 20.4 Å². The summed E-state index contributed by atoms with van der Waals surface area (Å²) in [5.74, 6) is 1.55. The second kappa shape index (κ2) is 5.04. The molecule has 1 aromatic rings. The summed E-state index contributed by atoms with van der Waals surface area (Å²) in [4.78, 5) is 6.78. The Hall–Kier alpha value is -1.10. The fourth-order valence-electron chi connectivity index (χ4n) is 2.65. The Labute approximate surface area is 102 Å². The van der Waals surface area contributed by atoms with Gasteiger partial charge in [-0.3, -0.25) is 0 Å². The molecule has 3 rings (SSSR count). The molecule has 0 amide bonds. The molecule has 0 aromatic carbocycles. The van der Waals surface area contributed by atoms with E-state index in [0.29, 0.717) is 0 Å². The molecule has 1 atom stereocenters. The standard InChI is InChI=1S/C12H20N4O/c1-4-8-16(9-5-1)12-14-11(17-15-12)10-6-2-3-7-13-10/h10,13H,1-9H2/t10-/m1/s1. The minimum Gasteiger partial charge on any atom is -0.338 e. The van der Waals surface area contributed by atoms with Crippen molar-refractivity contribution >= 4 is 5.95 Å². The maximum absolute atomic E-state index is 5.39. The lowest BCUT2D eigenvalue weighted by Crippen LogP contribution is -2.30. The quantitative estimate of drug-likeness (QED) is 0.849. The molecular formula is C12H20N4O. The lowest BCUT2D eigenvalue weighted by Gasteiger charge is -2.24.